The van der Waals surface area contributed by atoms with Crippen LogP contribution in [0.5, 0.6) is 0 Å². The van der Waals surface area contributed by atoms with Gasteiger partial charge in [-0.25, -0.2) is 13.1 Å². The van der Waals surface area contributed by atoms with Crippen molar-refractivity contribution in [3.63, 3.8) is 0 Å². The van der Waals surface area contributed by atoms with E-state index in [0.717, 1.165) is 0 Å². The average Bonchev–Trinajstić information content (AvgIpc) is 2.20. The SMILES string of the molecule is CC(C)[C@H](C)NS(=O)(=O)c1cc(Cl)ccc1Cl. The first-order chi connectivity index (χ1) is 7.74. The summed E-state index contributed by atoms with van der Waals surface area (Å²) in [6.45, 7) is 5.68. The molecule has 0 spiro atoms. The van der Waals surface area contributed by atoms with E-state index in [1.807, 2.05) is 13.8 Å². The molecule has 17 heavy (non-hydrogen) atoms. The minimum absolute atomic E-state index is 0.0131. The Bertz CT molecular complexity index is 500. The average molecular weight is 296 g/mol. The maximum Gasteiger partial charge on any atom is 0.242 e. The Morgan fingerprint density at radius 3 is 2.29 bits per heavy atom. The fourth-order valence-electron chi connectivity index (χ4n) is 1.13. The quantitative estimate of drug-likeness (QED) is 0.926. The molecular weight excluding hydrogens is 281 g/mol. The Balaban J connectivity index is 3.09. The molecule has 1 rings (SSSR count). The third-order valence-corrected chi connectivity index (χ3v) is 4.80. The highest BCUT2D eigenvalue weighted by molar-refractivity contribution is 7.89. The van der Waals surface area contributed by atoms with E-state index in [9.17, 15) is 8.42 Å². The van der Waals surface area contributed by atoms with Crippen molar-refractivity contribution in [2.75, 3.05) is 0 Å². The lowest BCUT2D eigenvalue weighted by atomic mass is 10.1. The van der Waals surface area contributed by atoms with E-state index >= 15 is 0 Å². The molecular formula is C11H15Cl2NO2S. The Morgan fingerprint density at radius 1 is 1.18 bits per heavy atom. The summed E-state index contributed by atoms with van der Waals surface area (Å²) in [6, 6.07) is 4.20. The minimum Gasteiger partial charge on any atom is -0.208 e. The van der Waals surface area contributed by atoms with Crippen LogP contribution in [0.2, 0.25) is 10.0 Å². The predicted molar refractivity (Wildman–Crippen MR) is 71.1 cm³/mol. The van der Waals surface area contributed by atoms with Gasteiger partial charge in [-0.3, -0.25) is 0 Å². The third-order valence-electron chi connectivity index (χ3n) is 2.52. The molecule has 96 valence electrons. The second-order valence-corrected chi connectivity index (χ2v) is 6.75. The van der Waals surface area contributed by atoms with Crippen molar-refractivity contribution < 1.29 is 8.42 Å². The number of halogens is 2. The summed E-state index contributed by atoms with van der Waals surface area (Å²) in [5.41, 5.74) is 0. The van der Waals surface area contributed by atoms with Gasteiger partial charge in [0.15, 0.2) is 0 Å². The largest absolute Gasteiger partial charge is 0.242 e. The third kappa shape index (κ3) is 3.85. The van der Waals surface area contributed by atoms with Crippen molar-refractivity contribution >= 4 is 33.2 Å². The van der Waals surface area contributed by atoms with Gasteiger partial charge in [0.2, 0.25) is 10.0 Å². The van der Waals surface area contributed by atoms with Gasteiger partial charge in [-0.2, -0.15) is 0 Å². The first-order valence-electron chi connectivity index (χ1n) is 5.21. The fourth-order valence-corrected chi connectivity index (χ4v) is 3.28. The van der Waals surface area contributed by atoms with E-state index < -0.39 is 10.0 Å². The Hall–Kier alpha value is -0.290. The predicted octanol–water partition coefficient (Wildman–Crippen LogP) is 3.32. The summed E-state index contributed by atoms with van der Waals surface area (Å²) in [4.78, 5) is 0.0131. The van der Waals surface area contributed by atoms with Crippen molar-refractivity contribution in [3.05, 3.63) is 28.2 Å². The molecule has 0 bridgehead atoms. The van der Waals surface area contributed by atoms with Crippen LogP contribution in [0, 0.1) is 5.92 Å². The molecule has 0 aliphatic heterocycles. The van der Waals surface area contributed by atoms with E-state index in [1.54, 1.807) is 13.0 Å². The molecule has 0 saturated heterocycles. The van der Waals surface area contributed by atoms with Crippen molar-refractivity contribution in [2.45, 2.75) is 31.7 Å². The molecule has 0 aliphatic rings. The van der Waals surface area contributed by atoms with Crippen LogP contribution in [0.15, 0.2) is 23.1 Å². The maximum absolute atomic E-state index is 12.1. The number of sulfonamides is 1. The molecule has 0 heterocycles. The smallest absolute Gasteiger partial charge is 0.208 e. The molecule has 3 nitrogen and oxygen atoms in total. The van der Waals surface area contributed by atoms with Crippen LogP contribution < -0.4 is 4.72 Å². The van der Waals surface area contributed by atoms with Crippen LogP contribution in [-0.2, 0) is 10.0 Å². The molecule has 0 saturated carbocycles. The summed E-state index contributed by atoms with van der Waals surface area (Å²) in [7, 11) is -3.62. The summed E-state index contributed by atoms with van der Waals surface area (Å²) < 4.78 is 26.7. The van der Waals surface area contributed by atoms with E-state index in [2.05, 4.69) is 4.72 Å². The summed E-state index contributed by atoms with van der Waals surface area (Å²) in [5, 5.41) is 0.504. The summed E-state index contributed by atoms with van der Waals surface area (Å²) >= 11 is 11.6. The lowest BCUT2D eigenvalue weighted by Gasteiger charge is -2.18. The van der Waals surface area contributed by atoms with Gasteiger partial charge in [-0.1, -0.05) is 37.0 Å². The van der Waals surface area contributed by atoms with Crippen LogP contribution in [0.25, 0.3) is 0 Å². The van der Waals surface area contributed by atoms with Gasteiger partial charge in [0.1, 0.15) is 4.90 Å². The molecule has 0 unspecified atom stereocenters. The highest BCUT2D eigenvalue weighted by atomic mass is 35.5. The van der Waals surface area contributed by atoms with E-state index in [-0.39, 0.29) is 21.9 Å². The molecule has 0 amide bonds. The highest BCUT2D eigenvalue weighted by Crippen LogP contribution is 2.25. The van der Waals surface area contributed by atoms with Gasteiger partial charge in [0.25, 0.3) is 0 Å². The van der Waals surface area contributed by atoms with Crippen LogP contribution in [0.1, 0.15) is 20.8 Å². The molecule has 0 aliphatic carbocycles. The van der Waals surface area contributed by atoms with E-state index in [1.165, 1.54) is 12.1 Å². The number of hydrogen-bond acceptors (Lipinski definition) is 2. The fraction of sp³-hybridized carbons (Fsp3) is 0.455. The van der Waals surface area contributed by atoms with Crippen LogP contribution in [0.4, 0.5) is 0 Å². The second kappa shape index (κ2) is 5.57. The van der Waals surface area contributed by atoms with Gasteiger partial charge in [-0.15, -0.1) is 0 Å². The molecule has 1 atom stereocenters. The monoisotopic (exact) mass is 295 g/mol. The standard InChI is InChI=1S/C11H15Cl2NO2S/c1-7(2)8(3)14-17(15,16)11-6-9(12)4-5-10(11)13/h4-8,14H,1-3H3/t8-/m0/s1. The minimum atomic E-state index is -3.62. The van der Waals surface area contributed by atoms with E-state index in [4.69, 9.17) is 23.2 Å². The van der Waals surface area contributed by atoms with Gasteiger partial charge < -0.3 is 0 Å². The normalized spacial score (nSPS) is 14.0. The molecule has 0 fully saturated rings. The topological polar surface area (TPSA) is 46.2 Å². The zero-order valence-corrected chi connectivity index (χ0v) is 12.2. The zero-order chi connectivity index (χ0) is 13.2. The molecule has 1 aromatic rings. The number of nitrogens with one attached hydrogen (secondary N) is 1. The Kier molecular flexibility index (Phi) is 4.84. The van der Waals surface area contributed by atoms with E-state index in [0.29, 0.717) is 5.02 Å². The van der Waals surface area contributed by atoms with Crippen molar-refractivity contribution in [2.24, 2.45) is 5.92 Å². The van der Waals surface area contributed by atoms with Crippen molar-refractivity contribution in [3.8, 4) is 0 Å². The van der Waals surface area contributed by atoms with Crippen LogP contribution in [-0.4, -0.2) is 14.5 Å². The Labute approximate surface area is 112 Å². The van der Waals surface area contributed by atoms with Crippen molar-refractivity contribution in [1.82, 2.24) is 4.72 Å². The van der Waals surface area contributed by atoms with Gasteiger partial charge in [0, 0.05) is 11.1 Å². The van der Waals surface area contributed by atoms with Crippen LogP contribution >= 0.6 is 23.2 Å². The lowest BCUT2D eigenvalue weighted by molar-refractivity contribution is 0.476. The van der Waals surface area contributed by atoms with Crippen molar-refractivity contribution in [1.29, 1.82) is 0 Å². The number of rotatable bonds is 4. The van der Waals surface area contributed by atoms with Crippen LogP contribution in [0.3, 0.4) is 0 Å². The molecule has 0 aromatic heterocycles. The molecule has 1 N–H and O–H groups in total. The summed E-state index contributed by atoms with van der Waals surface area (Å²) in [5.74, 6) is 0.197. The Morgan fingerprint density at radius 2 is 1.76 bits per heavy atom. The highest BCUT2D eigenvalue weighted by Gasteiger charge is 2.22. The second-order valence-electron chi connectivity index (χ2n) is 4.23. The molecule has 0 radical (unpaired) electrons. The molecule has 1 aromatic carbocycles. The molecule has 6 heteroatoms. The summed E-state index contributed by atoms with van der Waals surface area (Å²) in [6.07, 6.45) is 0. The first kappa shape index (κ1) is 14.8. The number of hydrogen-bond donors (Lipinski definition) is 1. The maximum atomic E-state index is 12.1. The van der Waals surface area contributed by atoms with Gasteiger partial charge in [-0.05, 0) is 31.0 Å². The number of benzene rings is 1. The van der Waals surface area contributed by atoms with Gasteiger partial charge >= 0.3 is 0 Å². The lowest BCUT2D eigenvalue weighted by Crippen LogP contribution is -2.36. The van der Waals surface area contributed by atoms with Gasteiger partial charge in [0.05, 0.1) is 5.02 Å². The zero-order valence-electron chi connectivity index (χ0n) is 9.87. The first-order valence-corrected chi connectivity index (χ1v) is 7.45.